The summed E-state index contributed by atoms with van der Waals surface area (Å²) in [6, 6.07) is 5.17. The third-order valence-electron chi connectivity index (χ3n) is 3.38. The topological polar surface area (TPSA) is 90.0 Å². The maximum atomic E-state index is 12.2. The van der Waals surface area contributed by atoms with Crippen molar-refractivity contribution in [1.29, 1.82) is 0 Å². The Balaban J connectivity index is 2.16. The largest absolute Gasteiger partial charge is 0.466 e. The van der Waals surface area contributed by atoms with Gasteiger partial charge in [-0.05, 0) is 26.0 Å². The van der Waals surface area contributed by atoms with Crippen LogP contribution in [0.4, 0.5) is 0 Å². The van der Waals surface area contributed by atoms with Gasteiger partial charge in [0.25, 0.3) is 11.8 Å². The average Bonchev–Trinajstić information content (AvgIpc) is 2.77. The molecule has 2 atom stereocenters. The standard InChI is InChI=1S/C15H15NO6/c1-8(14(19)22-9(2)15(20)21-3)16-12(17)10-6-4-5-7-11(10)13(16)18/h4-9H,1-3H3/t8-,9-/m1/s1. The molecule has 1 aromatic rings. The SMILES string of the molecule is COC(=O)[C@@H](C)OC(=O)[C@@H](C)N1C(=O)c2ccccc2C1=O. The minimum Gasteiger partial charge on any atom is -0.466 e. The average molecular weight is 305 g/mol. The molecule has 0 spiro atoms. The lowest BCUT2D eigenvalue weighted by Crippen LogP contribution is -2.45. The molecule has 7 heteroatoms. The molecule has 0 saturated heterocycles. The number of imide groups is 1. The van der Waals surface area contributed by atoms with Crippen LogP contribution < -0.4 is 0 Å². The molecular formula is C15H15NO6. The van der Waals surface area contributed by atoms with Gasteiger partial charge in [-0.25, -0.2) is 9.59 Å². The molecule has 1 aromatic carbocycles. The molecule has 22 heavy (non-hydrogen) atoms. The number of carbonyl (C=O) groups excluding carboxylic acids is 4. The lowest BCUT2D eigenvalue weighted by Gasteiger charge is -2.22. The maximum Gasteiger partial charge on any atom is 0.346 e. The summed E-state index contributed by atoms with van der Waals surface area (Å²) in [5, 5.41) is 0. The second kappa shape index (κ2) is 5.97. The molecule has 7 nitrogen and oxygen atoms in total. The van der Waals surface area contributed by atoms with E-state index >= 15 is 0 Å². The van der Waals surface area contributed by atoms with Crippen molar-refractivity contribution in [3.63, 3.8) is 0 Å². The van der Waals surface area contributed by atoms with Crippen LogP contribution in [0.3, 0.4) is 0 Å². The van der Waals surface area contributed by atoms with E-state index in [1.165, 1.54) is 33.1 Å². The van der Waals surface area contributed by atoms with Crippen molar-refractivity contribution in [2.75, 3.05) is 7.11 Å². The van der Waals surface area contributed by atoms with E-state index in [4.69, 9.17) is 4.74 Å². The predicted octanol–water partition coefficient (Wildman–Crippen LogP) is 0.776. The van der Waals surface area contributed by atoms with Crippen molar-refractivity contribution in [3.05, 3.63) is 35.4 Å². The van der Waals surface area contributed by atoms with Gasteiger partial charge in [0.15, 0.2) is 6.10 Å². The second-order valence-corrected chi connectivity index (χ2v) is 4.80. The van der Waals surface area contributed by atoms with Gasteiger partial charge in [-0.2, -0.15) is 0 Å². The predicted molar refractivity (Wildman–Crippen MR) is 74.0 cm³/mol. The molecule has 1 aliphatic heterocycles. The molecule has 1 heterocycles. The first-order valence-electron chi connectivity index (χ1n) is 6.63. The highest BCUT2D eigenvalue weighted by Gasteiger charge is 2.41. The summed E-state index contributed by atoms with van der Waals surface area (Å²) < 4.78 is 9.36. The summed E-state index contributed by atoms with van der Waals surface area (Å²) in [5.41, 5.74) is 0.487. The van der Waals surface area contributed by atoms with Crippen LogP contribution in [-0.4, -0.2) is 47.9 Å². The highest BCUT2D eigenvalue weighted by molar-refractivity contribution is 6.22. The van der Waals surface area contributed by atoms with Crippen LogP contribution >= 0.6 is 0 Å². The summed E-state index contributed by atoms with van der Waals surface area (Å²) in [6.07, 6.45) is -1.12. The first-order valence-corrected chi connectivity index (χ1v) is 6.63. The normalized spacial score (nSPS) is 16.0. The van der Waals surface area contributed by atoms with Crippen LogP contribution in [0.25, 0.3) is 0 Å². The molecule has 2 amide bonds. The zero-order chi connectivity index (χ0) is 16.4. The van der Waals surface area contributed by atoms with E-state index in [0.717, 1.165) is 4.90 Å². The number of amides is 2. The zero-order valence-corrected chi connectivity index (χ0v) is 12.4. The van der Waals surface area contributed by atoms with Crippen molar-refractivity contribution >= 4 is 23.8 Å². The molecule has 0 fully saturated rings. The molecule has 2 rings (SSSR count). The summed E-state index contributed by atoms with van der Waals surface area (Å²) in [4.78, 5) is 48.6. The Morgan fingerprint density at radius 2 is 1.50 bits per heavy atom. The van der Waals surface area contributed by atoms with Gasteiger partial charge >= 0.3 is 11.9 Å². The fourth-order valence-corrected chi connectivity index (χ4v) is 2.15. The number of nitrogens with zero attached hydrogens (tertiary/aromatic N) is 1. The Labute approximate surface area is 126 Å². The molecular weight excluding hydrogens is 290 g/mol. The van der Waals surface area contributed by atoms with Crippen LogP contribution in [0.5, 0.6) is 0 Å². The van der Waals surface area contributed by atoms with Crippen LogP contribution in [0.15, 0.2) is 24.3 Å². The third-order valence-corrected chi connectivity index (χ3v) is 3.38. The van der Waals surface area contributed by atoms with Gasteiger partial charge in [0.1, 0.15) is 6.04 Å². The summed E-state index contributed by atoms with van der Waals surface area (Å²) in [5.74, 6) is -2.69. The van der Waals surface area contributed by atoms with Gasteiger partial charge in [-0.3, -0.25) is 14.5 Å². The van der Waals surface area contributed by atoms with Crippen molar-refractivity contribution in [3.8, 4) is 0 Å². The number of esters is 2. The van der Waals surface area contributed by atoms with Gasteiger partial charge in [-0.1, -0.05) is 12.1 Å². The number of fused-ring (bicyclic) bond motifs is 1. The van der Waals surface area contributed by atoms with Gasteiger partial charge in [-0.15, -0.1) is 0 Å². The van der Waals surface area contributed by atoms with E-state index in [9.17, 15) is 19.2 Å². The molecule has 0 saturated carbocycles. The van der Waals surface area contributed by atoms with Gasteiger partial charge in [0.05, 0.1) is 18.2 Å². The van der Waals surface area contributed by atoms with Crippen LogP contribution in [0.2, 0.25) is 0 Å². The van der Waals surface area contributed by atoms with Crippen molar-refractivity contribution in [2.45, 2.75) is 26.0 Å². The smallest absolute Gasteiger partial charge is 0.346 e. The number of ether oxygens (including phenoxy) is 2. The summed E-state index contributed by atoms with van der Waals surface area (Å²) in [6.45, 7) is 2.72. The highest BCUT2D eigenvalue weighted by Crippen LogP contribution is 2.24. The van der Waals surface area contributed by atoms with E-state index < -0.39 is 35.9 Å². The molecule has 0 unspecified atom stereocenters. The number of hydrogen-bond donors (Lipinski definition) is 0. The Kier molecular flexibility index (Phi) is 4.25. The van der Waals surface area contributed by atoms with E-state index in [0.29, 0.717) is 0 Å². The fraction of sp³-hybridized carbons (Fsp3) is 0.333. The maximum absolute atomic E-state index is 12.2. The minimum absolute atomic E-state index is 0.244. The van der Waals surface area contributed by atoms with Crippen LogP contribution in [0.1, 0.15) is 34.6 Å². The number of hydrogen-bond acceptors (Lipinski definition) is 6. The Morgan fingerprint density at radius 3 is 1.95 bits per heavy atom. The van der Waals surface area contributed by atoms with Crippen molar-refractivity contribution in [2.24, 2.45) is 0 Å². The summed E-state index contributed by atoms with van der Waals surface area (Å²) >= 11 is 0. The van der Waals surface area contributed by atoms with E-state index in [-0.39, 0.29) is 11.1 Å². The van der Waals surface area contributed by atoms with Crippen LogP contribution in [-0.2, 0) is 19.1 Å². The molecule has 0 bridgehead atoms. The lowest BCUT2D eigenvalue weighted by atomic mass is 10.1. The number of rotatable bonds is 4. The van der Waals surface area contributed by atoms with E-state index in [1.807, 2.05) is 0 Å². The molecule has 0 radical (unpaired) electrons. The zero-order valence-electron chi connectivity index (χ0n) is 12.4. The van der Waals surface area contributed by atoms with Crippen molar-refractivity contribution < 1.29 is 28.7 Å². The first kappa shape index (κ1) is 15.7. The molecule has 0 aliphatic carbocycles. The number of carbonyl (C=O) groups is 4. The Bertz CT molecular complexity index is 618. The van der Waals surface area contributed by atoms with E-state index in [1.54, 1.807) is 12.1 Å². The molecule has 116 valence electrons. The minimum atomic E-state index is -1.14. The lowest BCUT2D eigenvalue weighted by molar-refractivity contribution is -0.166. The quantitative estimate of drug-likeness (QED) is 0.603. The monoisotopic (exact) mass is 305 g/mol. The number of methoxy groups -OCH3 is 1. The Hall–Kier alpha value is -2.70. The van der Waals surface area contributed by atoms with Gasteiger partial charge in [0, 0.05) is 0 Å². The van der Waals surface area contributed by atoms with Gasteiger partial charge in [0.2, 0.25) is 0 Å². The third kappa shape index (κ3) is 2.57. The van der Waals surface area contributed by atoms with Gasteiger partial charge < -0.3 is 9.47 Å². The second-order valence-electron chi connectivity index (χ2n) is 4.80. The van der Waals surface area contributed by atoms with Crippen molar-refractivity contribution in [1.82, 2.24) is 4.90 Å². The van der Waals surface area contributed by atoms with Crippen LogP contribution in [0, 0.1) is 0 Å². The summed E-state index contributed by atoms with van der Waals surface area (Å²) in [7, 11) is 1.17. The van der Waals surface area contributed by atoms with E-state index in [2.05, 4.69) is 4.74 Å². The Morgan fingerprint density at radius 1 is 1.00 bits per heavy atom. The molecule has 0 aromatic heterocycles. The fourth-order valence-electron chi connectivity index (χ4n) is 2.15. The highest BCUT2D eigenvalue weighted by atomic mass is 16.6. The first-order chi connectivity index (χ1) is 10.4. The number of benzene rings is 1. The molecule has 0 N–H and O–H groups in total. The molecule has 1 aliphatic rings.